The van der Waals surface area contributed by atoms with Crippen molar-refractivity contribution in [2.24, 2.45) is 0 Å². The number of amides is 1. The number of rotatable bonds is 11. The van der Waals surface area contributed by atoms with E-state index < -0.39 is 62.5 Å². The number of benzene rings is 3. The molecule has 0 radical (unpaired) electrons. The molecule has 1 saturated carbocycles. The molecule has 2 aliphatic rings. The predicted molar refractivity (Wildman–Crippen MR) is 181 cm³/mol. The quantitative estimate of drug-likeness (QED) is 0.153. The van der Waals surface area contributed by atoms with E-state index in [1.165, 1.54) is 30.5 Å². The normalized spacial score (nSPS) is 18.6. The molecule has 54 heavy (non-hydrogen) atoms. The van der Waals surface area contributed by atoms with E-state index in [2.05, 4.69) is 9.97 Å². The number of carbonyl (C=O) groups is 2. The van der Waals surface area contributed by atoms with E-state index in [-0.39, 0.29) is 60.6 Å². The fraction of sp³-hybridized carbons (Fsp3) is 0.351. The Morgan fingerprint density at radius 1 is 0.870 bits per heavy atom. The van der Waals surface area contributed by atoms with Crippen LogP contribution in [0.3, 0.4) is 0 Å². The minimum atomic E-state index is -5.34. The summed E-state index contributed by atoms with van der Waals surface area (Å²) < 4.78 is 118. The number of hydrogen-bond acceptors (Lipinski definition) is 7. The maximum absolute atomic E-state index is 14.9. The van der Waals surface area contributed by atoms with E-state index in [1.54, 1.807) is 36.5 Å². The zero-order chi connectivity index (χ0) is 38.9. The average Bonchev–Trinajstić information content (AvgIpc) is 3.13. The molecular formula is C37H34F6N4O6S. The number of nitrogens with zero attached hydrogens (tertiary/aromatic N) is 4. The molecule has 1 N–H and O–H groups in total. The Labute approximate surface area is 306 Å². The van der Waals surface area contributed by atoms with Crippen LogP contribution in [0.25, 0.3) is 0 Å². The van der Waals surface area contributed by atoms with Gasteiger partial charge in [-0.25, -0.2) is 13.2 Å². The van der Waals surface area contributed by atoms with Crippen molar-refractivity contribution in [3.8, 4) is 0 Å². The molecule has 0 spiro atoms. The number of hydrogen-bond donors (Lipinski definition) is 1. The molecule has 10 nitrogen and oxygen atoms in total. The summed E-state index contributed by atoms with van der Waals surface area (Å²) in [7, 11) is -5.29. The lowest BCUT2D eigenvalue weighted by molar-refractivity contribution is -0.194. The molecule has 286 valence electrons. The van der Waals surface area contributed by atoms with Gasteiger partial charge in [0, 0.05) is 30.8 Å². The molecule has 1 saturated heterocycles. The third-order valence-corrected chi connectivity index (χ3v) is 11.5. The maximum atomic E-state index is 14.9. The number of anilines is 1. The lowest BCUT2D eigenvalue weighted by Gasteiger charge is -2.50. The molecule has 0 unspecified atom stereocenters. The molecule has 1 aliphatic carbocycles. The minimum absolute atomic E-state index is 0.0773. The van der Waals surface area contributed by atoms with E-state index in [9.17, 15) is 49.5 Å². The summed E-state index contributed by atoms with van der Waals surface area (Å²) in [5.74, 6) is -2.10. The Morgan fingerprint density at radius 2 is 1.50 bits per heavy atom. The largest absolute Gasteiger partial charge is 0.478 e. The fourth-order valence-electron chi connectivity index (χ4n) is 6.61. The average molecular weight is 777 g/mol. The lowest BCUT2D eigenvalue weighted by atomic mass is 9.87. The van der Waals surface area contributed by atoms with Gasteiger partial charge in [-0.3, -0.25) is 14.8 Å². The Kier molecular flexibility index (Phi) is 10.9. The summed E-state index contributed by atoms with van der Waals surface area (Å²) in [4.78, 5) is 35.4. The van der Waals surface area contributed by atoms with Crippen molar-refractivity contribution in [3.63, 3.8) is 0 Å². The van der Waals surface area contributed by atoms with Gasteiger partial charge < -0.3 is 14.7 Å². The summed E-state index contributed by atoms with van der Waals surface area (Å²) in [6.45, 7) is -1.21. The molecule has 1 amide bonds. The van der Waals surface area contributed by atoms with Gasteiger partial charge in [-0.2, -0.15) is 30.6 Å². The van der Waals surface area contributed by atoms with Crippen LogP contribution in [0.15, 0.2) is 90.1 Å². The Bertz CT molecular complexity index is 2060. The van der Waals surface area contributed by atoms with E-state index in [0.29, 0.717) is 9.87 Å². The second kappa shape index (κ2) is 15.1. The molecule has 0 bridgehead atoms. The van der Waals surface area contributed by atoms with Crippen LogP contribution in [0.5, 0.6) is 0 Å². The molecule has 1 atom stereocenters. The third kappa shape index (κ3) is 8.12. The number of carbonyl (C=O) groups excluding carboxylic acids is 1. The monoisotopic (exact) mass is 776 g/mol. The van der Waals surface area contributed by atoms with E-state index in [4.69, 9.17) is 4.74 Å². The second-order valence-corrected chi connectivity index (χ2v) is 15.0. The van der Waals surface area contributed by atoms with Gasteiger partial charge in [0.05, 0.1) is 52.3 Å². The number of sulfonamides is 1. The molecule has 1 aromatic heterocycles. The van der Waals surface area contributed by atoms with Gasteiger partial charge in [0.25, 0.3) is 5.91 Å². The van der Waals surface area contributed by atoms with Gasteiger partial charge in [-0.1, -0.05) is 49.6 Å². The van der Waals surface area contributed by atoms with Gasteiger partial charge in [0.1, 0.15) is 0 Å². The van der Waals surface area contributed by atoms with Crippen LogP contribution in [-0.2, 0) is 45.1 Å². The molecular weight excluding hydrogens is 742 g/mol. The van der Waals surface area contributed by atoms with Crippen molar-refractivity contribution >= 4 is 27.6 Å². The number of halogens is 6. The van der Waals surface area contributed by atoms with Crippen molar-refractivity contribution in [3.05, 3.63) is 119 Å². The van der Waals surface area contributed by atoms with Crippen LogP contribution in [0.1, 0.15) is 82.9 Å². The number of aromatic carboxylic acids is 1. The van der Waals surface area contributed by atoms with Crippen LogP contribution in [0.2, 0.25) is 0 Å². The van der Waals surface area contributed by atoms with E-state index in [0.717, 1.165) is 42.7 Å². The smallest absolute Gasteiger partial charge is 0.416 e. The first kappa shape index (κ1) is 38.8. The van der Waals surface area contributed by atoms with E-state index in [1.807, 2.05) is 0 Å². The highest BCUT2D eigenvalue weighted by molar-refractivity contribution is 7.89. The first-order chi connectivity index (χ1) is 25.5. The Hall–Kier alpha value is -4.87. The standard InChI is InChI=1S/C37H34F6N4O6S/c38-36(39,40)27-17-28(37(41,42)43)19-31(18-27)54(51,52)47-16-15-35(47,53-23-24-7-3-1-4-8-24)34(50)46(30-13-11-26(12-14-30)33(48)49)22-29-20-45-32(21-44-29)25-9-5-2-6-10-25/h1,3-4,7-8,11-14,17-21,25H,2,5-6,9-10,15-16,22-23H2,(H,48,49)/t35-/m1/s1. The van der Waals surface area contributed by atoms with Crippen molar-refractivity contribution in [2.75, 3.05) is 11.4 Å². The molecule has 4 aromatic rings. The number of carboxylic acids is 1. The van der Waals surface area contributed by atoms with Gasteiger partial charge in [0.15, 0.2) is 0 Å². The fourth-order valence-corrected chi connectivity index (χ4v) is 8.36. The Balaban J connectivity index is 1.44. The number of alkyl halides is 6. The molecule has 6 rings (SSSR count). The first-order valence-corrected chi connectivity index (χ1v) is 18.4. The second-order valence-electron chi connectivity index (χ2n) is 13.1. The first-order valence-electron chi connectivity index (χ1n) is 17.0. The molecule has 2 fully saturated rings. The number of ether oxygens (including phenoxy) is 1. The number of aromatic nitrogens is 2. The highest BCUT2D eigenvalue weighted by Gasteiger charge is 2.60. The van der Waals surface area contributed by atoms with Gasteiger partial charge in [-0.05, 0) is 60.9 Å². The summed E-state index contributed by atoms with van der Waals surface area (Å²) in [5.41, 5.74) is -4.73. The van der Waals surface area contributed by atoms with Gasteiger partial charge in [0.2, 0.25) is 15.7 Å². The van der Waals surface area contributed by atoms with Crippen molar-refractivity contribution in [1.82, 2.24) is 14.3 Å². The molecule has 3 aromatic carbocycles. The Morgan fingerprint density at radius 3 is 2.02 bits per heavy atom. The number of carboxylic acid groups (broad SMARTS) is 1. The van der Waals surface area contributed by atoms with Crippen LogP contribution in [0.4, 0.5) is 32.0 Å². The highest BCUT2D eigenvalue weighted by atomic mass is 32.2. The lowest BCUT2D eigenvalue weighted by Crippen LogP contribution is -2.70. The maximum Gasteiger partial charge on any atom is 0.416 e. The summed E-state index contributed by atoms with van der Waals surface area (Å²) in [6, 6.07) is 13.2. The zero-order valence-corrected chi connectivity index (χ0v) is 29.3. The SMILES string of the molecule is O=C(O)c1ccc(N(Cc2cnc(C3CCCCC3)cn2)C(=O)[C@]2(OCc3ccccc3)CCN2S(=O)(=O)c2cc(C(F)(F)F)cc(C(F)(F)F)c2)cc1. The third-order valence-electron chi connectivity index (χ3n) is 9.60. The van der Waals surface area contributed by atoms with E-state index >= 15 is 0 Å². The van der Waals surface area contributed by atoms with Crippen LogP contribution in [-0.4, -0.2) is 51.9 Å². The van der Waals surface area contributed by atoms with Crippen LogP contribution >= 0.6 is 0 Å². The molecule has 1 aliphatic heterocycles. The van der Waals surface area contributed by atoms with Gasteiger partial charge in [-0.15, -0.1) is 0 Å². The molecule has 17 heteroatoms. The van der Waals surface area contributed by atoms with Crippen molar-refractivity contribution in [1.29, 1.82) is 0 Å². The minimum Gasteiger partial charge on any atom is -0.478 e. The predicted octanol–water partition coefficient (Wildman–Crippen LogP) is 7.80. The highest BCUT2D eigenvalue weighted by Crippen LogP contribution is 2.44. The summed E-state index contributed by atoms with van der Waals surface area (Å²) in [5, 5.41) is 9.49. The van der Waals surface area contributed by atoms with Gasteiger partial charge >= 0.3 is 18.3 Å². The zero-order valence-electron chi connectivity index (χ0n) is 28.5. The summed E-state index contributed by atoms with van der Waals surface area (Å²) >= 11 is 0. The van der Waals surface area contributed by atoms with Crippen LogP contribution < -0.4 is 4.90 Å². The topological polar surface area (TPSA) is 130 Å². The van der Waals surface area contributed by atoms with Crippen molar-refractivity contribution in [2.45, 2.75) is 80.6 Å². The van der Waals surface area contributed by atoms with Crippen molar-refractivity contribution < 1.29 is 54.2 Å². The summed E-state index contributed by atoms with van der Waals surface area (Å²) in [6.07, 6.45) is -2.87. The van der Waals surface area contributed by atoms with Crippen LogP contribution in [0, 0.1) is 0 Å². The molecule has 2 heterocycles.